The highest BCUT2D eigenvalue weighted by Crippen LogP contribution is 2.19. The van der Waals surface area contributed by atoms with Crippen molar-refractivity contribution in [1.82, 2.24) is 5.32 Å². The molecule has 1 atom stereocenters. The summed E-state index contributed by atoms with van der Waals surface area (Å²) in [7, 11) is 1.52. The lowest BCUT2D eigenvalue weighted by atomic mass is 10.1. The van der Waals surface area contributed by atoms with Gasteiger partial charge in [0.2, 0.25) is 0 Å². The molecule has 0 saturated carbocycles. The van der Waals surface area contributed by atoms with Gasteiger partial charge in [0.15, 0.2) is 0 Å². The van der Waals surface area contributed by atoms with Crippen molar-refractivity contribution in [3.8, 4) is 5.75 Å². The maximum Gasteiger partial charge on any atom is 0.259 e. The quantitative estimate of drug-likeness (QED) is 0.854. The highest BCUT2D eigenvalue weighted by atomic mass is 16.5. The molecule has 2 amide bonds. The van der Waals surface area contributed by atoms with E-state index < -0.39 is 0 Å². The monoisotopic (exact) mass is 326 g/mol. The van der Waals surface area contributed by atoms with Crippen LogP contribution >= 0.6 is 0 Å². The Balaban J connectivity index is 2.06. The van der Waals surface area contributed by atoms with Gasteiger partial charge in [0.25, 0.3) is 11.8 Å². The molecule has 1 unspecified atom stereocenters. The number of ether oxygens (including phenoxy) is 1. The third kappa shape index (κ3) is 4.35. The fraction of sp³-hybridized carbons (Fsp3) is 0.263. The molecule has 0 fully saturated rings. The van der Waals surface area contributed by atoms with E-state index in [1.54, 1.807) is 48.5 Å². The first kappa shape index (κ1) is 17.5. The Morgan fingerprint density at radius 3 is 2.33 bits per heavy atom. The molecule has 24 heavy (non-hydrogen) atoms. The van der Waals surface area contributed by atoms with Gasteiger partial charge in [-0.3, -0.25) is 9.59 Å². The number of para-hydroxylation sites is 1. The van der Waals surface area contributed by atoms with Crippen molar-refractivity contribution in [2.45, 2.75) is 26.3 Å². The van der Waals surface area contributed by atoms with Crippen molar-refractivity contribution >= 4 is 17.5 Å². The molecular weight excluding hydrogens is 304 g/mol. The van der Waals surface area contributed by atoms with Crippen LogP contribution in [0.2, 0.25) is 0 Å². The lowest BCUT2D eigenvalue weighted by molar-refractivity contribution is 0.0938. The van der Waals surface area contributed by atoms with Crippen LogP contribution in [0.15, 0.2) is 48.5 Å². The number of amides is 2. The summed E-state index contributed by atoms with van der Waals surface area (Å²) in [6, 6.07) is 13.9. The first-order valence-corrected chi connectivity index (χ1v) is 7.90. The van der Waals surface area contributed by atoms with Crippen molar-refractivity contribution < 1.29 is 14.3 Å². The molecule has 0 bridgehead atoms. The zero-order valence-electron chi connectivity index (χ0n) is 14.1. The van der Waals surface area contributed by atoms with Gasteiger partial charge >= 0.3 is 0 Å². The topological polar surface area (TPSA) is 67.4 Å². The maximum atomic E-state index is 12.3. The summed E-state index contributed by atoms with van der Waals surface area (Å²) in [5.74, 6) is 0.135. The number of hydrogen-bond donors (Lipinski definition) is 2. The van der Waals surface area contributed by atoms with Crippen molar-refractivity contribution in [1.29, 1.82) is 0 Å². The smallest absolute Gasteiger partial charge is 0.259 e. The summed E-state index contributed by atoms with van der Waals surface area (Å²) < 4.78 is 5.19. The Morgan fingerprint density at radius 2 is 1.71 bits per heavy atom. The average Bonchev–Trinajstić information content (AvgIpc) is 2.61. The second-order valence-corrected chi connectivity index (χ2v) is 5.51. The number of nitrogens with one attached hydrogen (secondary N) is 2. The summed E-state index contributed by atoms with van der Waals surface area (Å²) >= 11 is 0. The molecule has 0 aliphatic carbocycles. The lowest BCUT2D eigenvalue weighted by Gasteiger charge is -2.12. The Morgan fingerprint density at radius 1 is 1.04 bits per heavy atom. The molecule has 2 aromatic rings. The van der Waals surface area contributed by atoms with Gasteiger partial charge in [-0.05, 0) is 49.7 Å². The van der Waals surface area contributed by atoms with E-state index in [1.165, 1.54) is 7.11 Å². The van der Waals surface area contributed by atoms with Crippen LogP contribution in [-0.2, 0) is 0 Å². The number of methoxy groups -OCH3 is 1. The molecule has 0 aliphatic heterocycles. The van der Waals surface area contributed by atoms with E-state index in [9.17, 15) is 9.59 Å². The van der Waals surface area contributed by atoms with Crippen molar-refractivity contribution in [2.24, 2.45) is 0 Å². The van der Waals surface area contributed by atoms with Crippen LogP contribution < -0.4 is 15.4 Å². The SMILES string of the molecule is CCC(C)NC(=O)c1ccc(NC(=O)c2ccccc2OC)cc1. The molecule has 5 nitrogen and oxygen atoms in total. The zero-order chi connectivity index (χ0) is 17.5. The minimum atomic E-state index is -0.260. The minimum absolute atomic E-state index is 0.119. The molecule has 2 rings (SSSR count). The van der Waals surface area contributed by atoms with Crippen LogP contribution in [0.5, 0.6) is 5.75 Å². The minimum Gasteiger partial charge on any atom is -0.496 e. The number of carbonyl (C=O) groups excluding carboxylic acids is 2. The van der Waals surface area contributed by atoms with E-state index >= 15 is 0 Å². The normalized spacial score (nSPS) is 11.5. The number of carbonyl (C=O) groups is 2. The number of rotatable bonds is 6. The summed E-state index contributed by atoms with van der Waals surface area (Å²) in [6.07, 6.45) is 0.874. The zero-order valence-corrected chi connectivity index (χ0v) is 14.1. The average molecular weight is 326 g/mol. The van der Waals surface area contributed by atoms with Crippen molar-refractivity contribution in [3.63, 3.8) is 0 Å². The Kier molecular flexibility index (Phi) is 5.95. The van der Waals surface area contributed by atoms with Crippen LogP contribution in [0.3, 0.4) is 0 Å². The standard InChI is InChI=1S/C19H22N2O3/c1-4-13(2)20-18(22)14-9-11-15(12-10-14)21-19(23)16-7-5-6-8-17(16)24-3/h5-13H,4H2,1-3H3,(H,20,22)(H,21,23). The highest BCUT2D eigenvalue weighted by Gasteiger charge is 2.12. The molecule has 0 heterocycles. The molecular formula is C19H22N2O3. The van der Waals surface area contributed by atoms with E-state index in [1.807, 2.05) is 13.8 Å². The summed E-state index contributed by atoms with van der Waals surface area (Å²) in [5, 5.41) is 5.70. The van der Waals surface area contributed by atoms with E-state index in [-0.39, 0.29) is 17.9 Å². The summed E-state index contributed by atoms with van der Waals surface area (Å²) in [4.78, 5) is 24.4. The van der Waals surface area contributed by atoms with Crippen LogP contribution in [-0.4, -0.2) is 25.0 Å². The second kappa shape index (κ2) is 8.15. The van der Waals surface area contributed by atoms with E-state index in [0.717, 1.165) is 6.42 Å². The summed E-state index contributed by atoms with van der Waals surface area (Å²) in [5.41, 5.74) is 1.63. The Hall–Kier alpha value is -2.82. The molecule has 0 radical (unpaired) electrons. The molecule has 0 saturated heterocycles. The Labute approximate surface area is 142 Å². The predicted octanol–water partition coefficient (Wildman–Crippen LogP) is 3.48. The van der Waals surface area contributed by atoms with Crippen LogP contribution in [0.1, 0.15) is 41.0 Å². The number of hydrogen-bond acceptors (Lipinski definition) is 3. The fourth-order valence-corrected chi connectivity index (χ4v) is 2.14. The van der Waals surface area contributed by atoms with E-state index in [2.05, 4.69) is 10.6 Å². The maximum absolute atomic E-state index is 12.3. The molecule has 126 valence electrons. The van der Waals surface area contributed by atoms with Crippen LogP contribution in [0, 0.1) is 0 Å². The molecule has 0 aromatic heterocycles. The molecule has 2 aromatic carbocycles. The number of benzene rings is 2. The van der Waals surface area contributed by atoms with Gasteiger partial charge in [0, 0.05) is 17.3 Å². The third-order valence-corrected chi connectivity index (χ3v) is 3.75. The predicted molar refractivity (Wildman–Crippen MR) is 94.6 cm³/mol. The largest absolute Gasteiger partial charge is 0.496 e. The van der Waals surface area contributed by atoms with E-state index in [4.69, 9.17) is 4.74 Å². The van der Waals surface area contributed by atoms with Gasteiger partial charge in [0.1, 0.15) is 5.75 Å². The fourth-order valence-electron chi connectivity index (χ4n) is 2.14. The lowest BCUT2D eigenvalue weighted by Crippen LogP contribution is -2.31. The van der Waals surface area contributed by atoms with Crippen molar-refractivity contribution in [3.05, 3.63) is 59.7 Å². The first-order chi connectivity index (χ1) is 11.5. The van der Waals surface area contributed by atoms with Crippen molar-refractivity contribution in [2.75, 3.05) is 12.4 Å². The van der Waals surface area contributed by atoms with Gasteiger partial charge in [0.05, 0.1) is 12.7 Å². The van der Waals surface area contributed by atoms with Gasteiger partial charge in [-0.1, -0.05) is 19.1 Å². The van der Waals surface area contributed by atoms with Gasteiger partial charge < -0.3 is 15.4 Å². The molecule has 0 aliphatic rings. The summed E-state index contributed by atoms with van der Waals surface area (Å²) in [6.45, 7) is 3.97. The second-order valence-electron chi connectivity index (χ2n) is 5.51. The third-order valence-electron chi connectivity index (χ3n) is 3.75. The Bertz CT molecular complexity index is 711. The number of anilines is 1. The van der Waals surface area contributed by atoms with Crippen LogP contribution in [0.25, 0.3) is 0 Å². The first-order valence-electron chi connectivity index (χ1n) is 7.90. The molecule has 2 N–H and O–H groups in total. The van der Waals surface area contributed by atoms with Gasteiger partial charge in [-0.2, -0.15) is 0 Å². The van der Waals surface area contributed by atoms with Gasteiger partial charge in [-0.25, -0.2) is 0 Å². The van der Waals surface area contributed by atoms with Gasteiger partial charge in [-0.15, -0.1) is 0 Å². The van der Waals surface area contributed by atoms with E-state index in [0.29, 0.717) is 22.6 Å². The molecule has 5 heteroatoms. The molecule has 0 spiro atoms. The highest BCUT2D eigenvalue weighted by molar-refractivity contribution is 6.06. The van der Waals surface area contributed by atoms with Crippen LogP contribution in [0.4, 0.5) is 5.69 Å².